The average Bonchev–Trinajstić information content (AvgIpc) is 3.12. The van der Waals surface area contributed by atoms with Crippen molar-refractivity contribution < 1.29 is 2.10 Å². The van der Waals surface area contributed by atoms with Gasteiger partial charge in [0.25, 0.3) is 0 Å². The Morgan fingerprint density at radius 2 is 0.857 bits per heavy atom. The summed E-state index contributed by atoms with van der Waals surface area (Å²) in [5.41, 5.74) is 0. The van der Waals surface area contributed by atoms with E-state index in [4.69, 9.17) is 24.4 Å². The van der Waals surface area contributed by atoms with Gasteiger partial charge >= 0.3 is 0 Å². The van der Waals surface area contributed by atoms with Crippen molar-refractivity contribution in [1.29, 1.82) is 0 Å². The summed E-state index contributed by atoms with van der Waals surface area (Å²) in [5.74, 6) is 0. The summed E-state index contributed by atoms with van der Waals surface area (Å²) >= 11 is 18.2. The van der Waals surface area contributed by atoms with Crippen molar-refractivity contribution in [3.8, 4) is 0 Å². The minimum Gasteiger partial charge on any atom is -0.309 e. The van der Waals surface area contributed by atoms with Crippen LogP contribution in [0.25, 0.3) is 0 Å². The molecule has 2 aliphatic heterocycles. The molecule has 11 heteroatoms. The van der Waals surface area contributed by atoms with Crippen LogP contribution in [0.5, 0.6) is 0 Å². The van der Waals surface area contributed by atoms with Gasteiger partial charge in [0.05, 0.1) is 0 Å². The first kappa shape index (κ1) is 14.8. The second kappa shape index (κ2) is 4.62. The maximum Gasteiger partial charge on any atom is 0.181 e. The van der Waals surface area contributed by atoms with E-state index < -0.39 is 0 Å². The number of nitrogens with zero attached hydrogens (tertiary/aromatic N) is 5. The third kappa shape index (κ3) is 1.85. The number of aromatic nitrogens is 4. The highest BCUT2D eigenvalue weighted by Crippen LogP contribution is 2.70. The molecule has 0 saturated carbocycles. The van der Waals surface area contributed by atoms with Crippen LogP contribution in [-0.4, -0.2) is 20.4 Å². The van der Waals surface area contributed by atoms with Gasteiger partial charge in [-0.2, -0.15) is 0 Å². The average molecular weight is 395 g/mol. The Labute approximate surface area is 149 Å². The summed E-state index contributed by atoms with van der Waals surface area (Å²) in [6.07, 6.45) is 0. The van der Waals surface area contributed by atoms with Crippen LogP contribution in [0.4, 0.5) is 0 Å². The van der Waals surface area contributed by atoms with E-state index in [-0.39, 0.29) is 0 Å². The molecular weight excluding hydrogens is 383 g/mol. The lowest BCUT2D eigenvalue weighted by molar-refractivity contribution is -0.268. The van der Waals surface area contributed by atoms with Gasteiger partial charge in [0.1, 0.15) is 0 Å². The molecule has 21 heavy (non-hydrogen) atoms. The van der Waals surface area contributed by atoms with Crippen molar-refractivity contribution in [2.75, 3.05) is 0 Å². The van der Waals surface area contributed by atoms with E-state index in [0.717, 1.165) is 11.6 Å². The Morgan fingerprint density at radius 1 is 0.619 bits per heavy atom. The Bertz CT molecular complexity index is 756. The van der Waals surface area contributed by atoms with E-state index in [1.54, 1.807) is 0 Å². The molecule has 0 N–H and O–H groups in total. The summed E-state index contributed by atoms with van der Waals surface area (Å²) in [6, 6.07) is 0. The van der Waals surface area contributed by atoms with Crippen molar-refractivity contribution in [2.24, 2.45) is 28.2 Å². The Morgan fingerprint density at radius 3 is 1.10 bits per heavy atom. The van der Waals surface area contributed by atoms with Crippen LogP contribution >= 0.6 is 72.2 Å². The quantitative estimate of drug-likeness (QED) is 0.378. The highest BCUT2D eigenvalue weighted by Gasteiger charge is 2.56. The van der Waals surface area contributed by atoms with E-state index >= 15 is 0 Å². The van der Waals surface area contributed by atoms with Crippen LogP contribution in [0.1, 0.15) is 0 Å². The van der Waals surface area contributed by atoms with Crippen LogP contribution in [0.2, 0.25) is 0 Å². The number of quaternary nitrogens is 1. The summed E-state index contributed by atoms with van der Waals surface area (Å²) in [7, 11) is 8.15. The Hall–Kier alpha value is 0.220. The number of rotatable bonds is 0. The maximum atomic E-state index is 5.43. The third-order valence-corrected chi connectivity index (χ3v) is 11.0. The van der Waals surface area contributed by atoms with E-state index in [1.807, 2.05) is 76.0 Å². The van der Waals surface area contributed by atoms with E-state index in [2.05, 4.69) is 18.3 Å². The lowest BCUT2D eigenvalue weighted by Gasteiger charge is -2.16. The van der Waals surface area contributed by atoms with Gasteiger partial charge in [-0.25, -0.2) is 0 Å². The molecular formula is C10H12N5S6+. The predicted molar refractivity (Wildman–Crippen MR) is 94.1 cm³/mol. The molecule has 1 spiro atoms. The number of hydrogen-bond acceptors (Lipinski definition) is 6. The molecule has 2 aromatic heterocycles. The highest BCUT2D eigenvalue weighted by molar-refractivity contribution is 8.31. The summed E-state index contributed by atoms with van der Waals surface area (Å²) < 4.78 is 10.9. The lowest BCUT2D eigenvalue weighted by atomic mass is 10.9. The molecule has 0 unspecified atom stereocenters. The largest absolute Gasteiger partial charge is 0.309 e. The molecule has 0 aromatic carbocycles. The van der Waals surface area contributed by atoms with Gasteiger partial charge in [-0.1, -0.05) is 2.10 Å². The maximum absolute atomic E-state index is 5.43. The number of hydrogen-bond donors (Lipinski definition) is 0. The SMILES string of the molecule is Cn1c2c(n(C)c1=S)S[N+]1(S2)Sc2c(n(C)c(=S)n2C)S1. The topological polar surface area (TPSA) is 19.7 Å². The summed E-state index contributed by atoms with van der Waals surface area (Å²) in [5, 5.41) is 4.95. The van der Waals surface area contributed by atoms with Gasteiger partial charge in [0.2, 0.25) is 0 Å². The van der Waals surface area contributed by atoms with Gasteiger partial charge in [-0.15, -0.1) is 0 Å². The summed E-state index contributed by atoms with van der Waals surface area (Å²) in [4.78, 5) is 0. The van der Waals surface area contributed by atoms with Gasteiger partial charge in [-0.3, -0.25) is 0 Å². The first-order valence-electron chi connectivity index (χ1n) is 6.03. The van der Waals surface area contributed by atoms with Crippen LogP contribution in [-0.2, 0) is 28.2 Å². The Balaban J connectivity index is 1.78. The first-order chi connectivity index (χ1) is 9.84. The van der Waals surface area contributed by atoms with Gasteiger partial charge < -0.3 is 18.3 Å². The lowest BCUT2D eigenvalue weighted by Crippen LogP contribution is -2.11. The first-order valence-corrected chi connectivity index (χ1v) is 9.94. The van der Waals surface area contributed by atoms with E-state index in [9.17, 15) is 0 Å². The monoisotopic (exact) mass is 394 g/mol. The van der Waals surface area contributed by atoms with Gasteiger partial charge in [0.15, 0.2) is 77.4 Å². The molecule has 0 fully saturated rings. The van der Waals surface area contributed by atoms with Crippen LogP contribution < -0.4 is 0 Å². The van der Waals surface area contributed by atoms with Crippen LogP contribution in [0.3, 0.4) is 0 Å². The minimum absolute atomic E-state index is 0.754. The van der Waals surface area contributed by atoms with Crippen LogP contribution in [0, 0.1) is 9.54 Å². The fourth-order valence-electron chi connectivity index (χ4n) is 2.31. The third-order valence-electron chi connectivity index (χ3n) is 3.53. The van der Waals surface area contributed by atoms with Crippen molar-refractivity contribution in [3.63, 3.8) is 0 Å². The fraction of sp³-hybridized carbons (Fsp3) is 0.400. The van der Waals surface area contributed by atoms with Crippen molar-refractivity contribution in [2.45, 2.75) is 20.1 Å². The number of imidazole rings is 2. The Kier molecular flexibility index (Phi) is 3.25. The molecule has 0 amide bonds. The second-order valence-corrected chi connectivity index (χ2v) is 11.4. The standard InChI is InChI=1S/C10H12N5S6/c1-11-5-6(12(2)9(11)16)19-15(18-5)20-7-8(21-15)14(4)10(17)13(7)3/h1-4H3/q+1. The fourth-order valence-corrected chi connectivity index (χ4v) is 9.33. The van der Waals surface area contributed by atoms with E-state index in [0.29, 0.717) is 0 Å². The number of fused-ring (bicyclic) bond motifs is 2. The molecule has 0 saturated heterocycles. The zero-order valence-electron chi connectivity index (χ0n) is 11.7. The predicted octanol–water partition coefficient (Wildman–Crippen LogP) is 4.07. The van der Waals surface area contributed by atoms with Crippen molar-refractivity contribution in [3.05, 3.63) is 9.54 Å². The molecule has 5 nitrogen and oxygen atoms in total. The normalized spacial score (nSPS) is 18.5. The second-order valence-electron chi connectivity index (χ2n) is 4.83. The van der Waals surface area contributed by atoms with Crippen molar-refractivity contribution >= 4 is 72.2 Å². The smallest absolute Gasteiger partial charge is 0.181 e. The molecule has 4 heterocycles. The molecule has 112 valence electrons. The molecule has 0 bridgehead atoms. The summed E-state index contributed by atoms with van der Waals surface area (Å²) in [6.45, 7) is 0. The van der Waals surface area contributed by atoms with E-state index in [1.165, 1.54) is 20.1 Å². The molecule has 2 aromatic rings. The van der Waals surface area contributed by atoms with Crippen LogP contribution in [0.15, 0.2) is 20.1 Å². The minimum atomic E-state index is 0.754. The molecule has 2 aliphatic rings. The zero-order chi connectivity index (χ0) is 15.1. The zero-order valence-corrected chi connectivity index (χ0v) is 16.6. The molecule has 0 aliphatic carbocycles. The van der Waals surface area contributed by atoms with Gasteiger partial charge in [-0.05, 0) is 24.4 Å². The highest BCUT2D eigenvalue weighted by atomic mass is 32.3. The van der Waals surface area contributed by atoms with Crippen molar-refractivity contribution in [1.82, 2.24) is 18.3 Å². The molecule has 0 radical (unpaired) electrons. The molecule has 0 atom stereocenters. The molecule has 4 rings (SSSR count). The van der Waals surface area contributed by atoms with Gasteiger partial charge in [0, 0.05) is 28.2 Å².